The lowest BCUT2D eigenvalue weighted by molar-refractivity contribution is 0.555. The van der Waals surface area contributed by atoms with Gasteiger partial charge in [-0.3, -0.25) is 9.97 Å². The molecule has 1 N–H and O–H groups in total. The highest BCUT2D eigenvalue weighted by Gasteiger charge is 2.24. The zero-order chi connectivity index (χ0) is 15.6. The van der Waals surface area contributed by atoms with Gasteiger partial charge in [-0.2, -0.15) is 0 Å². The zero-order valence-corrected chi connectivity index (χ0v) is 13.1. The Hall–Kier alpha value is -2.56. The van der Waals surface area contributed by atoms with Crippen molar-refractivity contribution in [3.8, 4) is 11.4 Å². The van der Waals surface area contributed by atoms with Gasteiger partial charge in [-0.25, -0.2) is 9.97 Å². The second kappa shape index (κ2) is 5.91. The lowest BCUT2D eigenvalue weighted by atomic mass is 10.1. The third-order valence-electron chi connectivity index (χ3n) is 4.62. The summed E-state index contributed by atoms with van der Waals surface area (Å²) in [6.07, 6.45) is 10.9. The van der Waals surface area contributed by atoms with Gasteiger partial charge in [-0.15, -0.1) is 0 Å². The highest BCUT2D eigenvalue weighted by atomic mass is 15.1. The molecule has 0 radical (unpaired) electrons. The topological polar surface area (TPSA) is 63.6 Å². The van der Waals surface area contributed by atoms with Crippen LogP contribution in [0.1, 0.15) is 26.2 Å². The van der Waals surface area contributed by atoms with E-state index in [-0.39, 0.29) is 0 Å². The van der Waals surface area contributed by atoms with E-state index >= 15 is 0 Å². The summed E-state index contributed by atoms with van der Waals surface area (Å²) in [6, 6.07) is 6.32. The first-order valence-corrected chi connectivity index (χ1v) is 8.10. The van der Waals surface area contributed by atoms with Crippen molar-refractivity contribution in [2.45, 2.75) is 32.2 Å². The molecule has 0 aromatic carbocycles. The number of fused-ring (bicyclic) bond motifs is 1. The van der Waals surface area contributed by atoms with Crippen LogP contribution in [0, 0.1) is 5.92 Å². The fourth-order valence-electron chi connectivity index (χ4n) is 3.26. The van der Waals surface area contributed by atoms with Crippen molar-refractivity contribution in [1.29, 1.82) is 0 Å². The van der Waals surface area contributed by atoms with Crippen LogP contribution >= 0.6 is 0 Å². The van der Waals surface area contributed by atoms with Crippen molar-refractivity contribution in [2.24, 2.45) is 5.92 Å². The van der Waals surface area contributed by atoms with E-state index in [1.807, 2.05) is 18.2 Å². The number of hydrogen-bond acceptors (Lipinski definition) is 5. The van der Waals surface area contributed by atoms with Gasteiger partial charge in [0.2, 0.25) is 0 Å². The standard InChI is InChI=1S/C18H19N5/c1-12-3-2-4-15(12)21-18-14-7-10-20-11-16(14)22-17(23-18)13-5-8-19-9-6-13/h5-12,15H,2-4H2,1H3,(H,21,22,23)/t12-,15-/m0/s1. The molecule has 0 amide bonds. The molecule has 5 nitrogen and oxygen atoms in total. The molecule has 3 aromatic heterocycles. The zero-order valence-electron chi connectivity index (χ0n) is 13.1. The number of anilines is 1. The number of aromatic nitrogens is 4. The minimum Gasteiger partial charge on any atom is -0.366 e. The van der Waals surface area contributed by atoms with Gasteiger partial charge < -0.3 is 5.32 Å². The third-order valence-corrected chi connectivity index (χ3v) is 4.62. The monoisotopic (exact) mass is 305 g/mol. The number of nitrogens with zero attached hydrogens (tertiary/aromatic N) is 4. The average molecular weight is 305 g/mol. The summed E-state index contributed by atoms with van der Waals surface area (Å²) in [5.41, 5.74) is 1.83. The van der Waals surface area contributed by atoms with Gasteiger partial charge in [0.25, 0.3) is 0 Å². The van der Waals surface area contributed by atoms with Gasteiger partial charge in [0.05, 0.1) is 11.7 Å². The molecule has 3 heterocycles. The lowest BCUT2D eigenvalue weighted by Crippen LogP contribution is -2.22. The highest BCUT2D eigenvalue weighted by Crippen LogP contribution is 2.30. The summed E-state index contributed by atoms with van der Waals surface area (Å²) in [7, 11) is 0. The van der Waals surface area contributed by atoms with Gasteiger partial charge in [0.1, 0.15) is 5.82 Å². The molecular weight excluding hydrogens is 286 g/mol. The summed E-state index contributed by atoms with van der Waals surface area (Å²) < 4.78 is 0. The maximum absolute atomic E-state index is 4.79. The first kappa shape index (κ1) is 14.1. The summed E-state index contributed by atoms with van der Waals surface area (Å²) in [5.74, 6) is 2.29. The first-order valence-electron chi connectivity index (χ1n) is 8.10. The van der Waals surface area contributed by atoms with Crippen LogP contribution in [0.15, 0.2) is 43.0 Å². The molecule has 1 fully saturated rings. The van der Waals surface area contributed by atoms with Gasteiger partial charge in [0, 0.05) is 35.6 Å². The van der Waals surface area contributed by atoms with Crippen LogP contribution in [-0.4, -0.2) is 26.0 Å². The van der Waals surface area contributed by atoms with E-state index in [9.17, 15) is 0 Å². The van der Waals surface area contributed by atoms with E-state index < -0.39 is 0 Å². The van der Waals surface area contributed by atoms with Gasteiger partial charge in [-0.05, 0) is 37.0 Å². The molecule has 2 atom stereocenters. The Morgan fingerprint density at radius 1 is 1.00 bits per heavy atom. The van der Waals surface area contributed by atoms with Crippen LogP contribution in [0.3, 0.4) is 0 Å². The van der Waals surface area contributed by atoms with Crippen molar-refractivity contribution in [1.82, 2.24) is 19.9 Å². The maximum atomic E-state index is 4.79. The highest BCUT2D eigenvalue weighted by molar-refractivity contribution is 5.90. The smallest absolute Gasteiger partial charge is 0.162 e. The molecule has 5 heteroatoms. The van der Waals surface area contributed by atoms with Crippen molar-refractivity contribution >= 4 is 16.7 Å². The second-order valence-electron chi connectivity index (χ2n) is 6.18. The van der Waals surface area contributed by atoms with Gasteiger partial charge >= 0.3 is 0 Å². The molecule has 0 spiro atoms. The molecule has 1 aliphatic carbocycles. The molecule has 0 unspecified atom stereocenters. The van der Waals surface area contributed by atoms with Crippen LogP contribution in [0.25, 0.3) is 22.3 Å². The van der Waals surface area contributed by atoms with Gasteiger partial charge in [-0.1, -0.05) is 13.3 Å². The lowest BCUT2D eigenvalue weighted by Gasteiger charge is -2.19. The quantitative estimate of drug-likeness (QED) is 0.799. The predicted molar refractivity (Wildman–Crippen MR) is 91.0 cm³/mol. The fourth-order valence-corrected chi connectivity index (χ4v) is 3.26. The Morgan fingerprint density at radius 2 is 1.83 bits per heavy atom. The maximum Gasteiger partial charge on any atom is 0.162 e. The molecule has 116 valence electrons. The molecule has 0 saturated heterocycles. The molecule has 0 bridgehead atoms. The van der Waals surface area contributed by atoms with Gasteiger partial charge in [0.15, 0.2) is 5.82 Å². The van der Waals surface area contributed by atoms with Crippen LogP contribution in [0.4, 0.5) is 5.82 Å². The van der Waals surface area contributed by atoms with E-state index in [4.69, 9.17) is 4.98 Å². The summed E-state index contributed by atoms with van der Waals surface area (Å²) in [5, 5.41) is 4.67. The Kier molecular flexibility index (Phi) is 3.61. The minimum atomic E-state index is 0.478. The first-order chi connectivity index (χ1) is 11.3. The van der Waals surface area contributed by atoms with E-state index in [2.05, 4.69) is 27.2 Å². The van der Waals surface area contributed by atoms with Crippen LogP contribution < -0.4 is 5.32 Å². The SMILES string of the molecule is C[C@H]1CCC[C@@H]1Nc1nc(-c2ccncc2)nc2cnccc12. The second-order valence-corrected chi connectivity index (χ2v) is 6.18. The number of nitrogens with one attached hydrogen (secondary N) is 1. The number of rotatable bonds is 3. The van der Waals surface area contributed by atoms with Crippen molar-refractivity contribution < 1.29 is 0 Å². The number of hydrogen-bond donors (Lipinski definition) is 1. The molecule has 0 aliphatic heterocycles. The van der Waals surface area contributed by atoms with E-state index in [1.54, 1.807) is 24.8 Å². The summed E-state index contributed by atoms with van der Waals surface area (Å²) in [4.78, 5) is 17.7. The fraction of sp³-hybridized carbons (Fsp3) is 0.333. The van der Waals surface area contributed by atoms with Crippen molar-refractivity contribution in [2.75, 3.05) is 5.32 Å². The molecule has 1 saturated carbocycles. The van der Waals surface area contributed by atoms with Crippen molar-refractivity contribution in [3.63, 3.8) is 0 Å². The Balaban J connectivity index is 1.81. The Morgan fingerprint density at radius 3 is 2.61 bits per heavy atom. The molecular formula is C18H19N5. The average Bonchev–Trinajstić information content (AvgIpc) is 3.00. The Labute approximate surface area is 135 Å². The largest absolute Gasteiger partial charge is 0.366 e. The molecule has 3 aromatic rings. The summed E-state index contributed by atoms with van der Waals surface area (Å²) in [6.45, 7) is 2.30. The van der Waals surface area contributed by atoms with Crippen LogP contribution in [0.2, 0.25) is 0 Å². The van der Waals surface area contributed by atoms with E-state index in [0.717, 1.165) is 22.3 Å². The minimum absolute atomic E-state index is 0.478. The van der Waals surface area contributed by atoms with Crippen LogP contribution in [0.5, 0.6) is 0 Å². The Bertz CT molecular complexity index is 818. The van der Waals surface area contributed by atoms with Crippen LogP contribution in [-0.2, 0) is 0 Å². The van der Waals surface area contributed by atoms with Crippen molar-refractivity contribution in [3.05, 3.63) is 43.0 Å². The third kappa shape index (κ3) is 2.74. The predicted octanol–water partition coefficient (Wildman–Crippen LogP) is 3.69. The molecule has 4 rings (SSSR count). The van der Waals surface area contributed by atoms with E-state index in [1.165, 1.54) is 19.3 Å². The number of pyridine rings is 2. The normalized spacial score (nSPS) is 20.7. The van der Waals surface area contributed by atoms with E-state index in [0.29, 0.717) is 17.8 Å². The molecule has 23 heavy (non-hydrogen) atoms. The summed E-state index contributed by atoms with van der Waals surface area (Å²) >= 11 is 0. The molecule has 1 aliphatic rings.